The summed E-state index contributed by atoms with van der Waals surface area (Å²) < 4.78 is 11.7. The van der Waals surface area contributed by atoms with E-state index in [4.69, 9.17) is 21.1 Å². The Labute approximate surface area is 208 Å². The van der Waals surface area contributed by atoms with Crippen molar-refractivity contribution in [2.45, 2.75) is 83.5 Å². The molecule has 1 saturated carbocycles. The van der Waals surface area contributed by atoms with E-state index in [1.807, 2.05) is 44.2 Å². The van der Waals surface area contributed by atoms with Crippen LogP contribution in [-0.2, 0) is 11.2 Å². The molecule has 5 nitrogen and oxygen atoms in total. The Morgan fingerprint density at radius 3 is 2.41 bits per heavy atom. The molecule has 0 saturated heterocycles. The van der Waals surface area contributed by atoms with Crippen molar-refractivity contribution >= 4 is 17.5 Å². The first-order chi connectivity index (χ1) is 16.4. The molecule has 34 heavy (non-hydrogen) atoms. The Kier molecular flexibility index (Phi) is 8.05. The highest BCUT2D eigenvalue weighted by molar-refractivity contribution is 6.30. The fraction of sp³-hybridized carbons (Fsp3) is 0.536. The summed E-state index contributed by atoms with van der Waals surface area (Å²) in [5.41, 5.74) is 3.20. The van der Waals surface area contributed by atoms with Gasteiger partial charge in [0.2, 0.25) is 5.91 Å². The van der Waals surface area contributed by atoms with E-state index in [1.165, 1.54) is 0 Å². The number of hydrogen-bond acceptors (Lipinski definition) is 4. The Morgan fingerprint density at radius 2 is 1.79 bits per heavy atom. The maximum absolute atomic E-state index is 13.6. The van der Waals surface area contributed by atoms with Gasteiger partial charge in [0, 0.05) is 17.1 Å². The minimum atomic E-state index is -0.168. The van der Waals surface area contributed by atoms with Crippen LogP contribution in [0, 0.1) is 0 Å². The van der Waals surface area contributed by atoms with Crippen LogP contribution in [0.4, 0.5) is 0 Å². The molecular formula is C28H37ClN2O3. The summed E-state index contributed by atoms with van der Waals surface area (Å²) in [6.07, 6.45) is 5.76. The summed E-state index contributed by atoms with van der Waals surface area (Å²) in [5, 5.41) is 4.35. The van der Waals surface area contributed by atoms with Gasteiger partial charge in [-0.05, 0) is 93.5 Å². The molecule has 1 N–H and O–H groups in total. The lowest BCUT2D eigenvalue weighted by molar-refractivity contribution is -0.136. The number of ether oxygens (including phenoxy) is 2. The van der Waals surface area contributed by atoms with Crippen molar-refractivity contribution in [2.75, 3.05) is 13.7 Å². The molecule has 4 rings (SSSR count). The fourth-order valence-electron chi connectivity index (χ4n) is 5.39. The van der Waals surface area contributed by atoms with Crippen molar-refractivity contribution in [3.8, 4) is 11.5 Å². The van der Waals surface area contributed by atoms with Gasteiger partial charge in [-0.2, -0.15) is 0 Å². The molecule has 0 spiro atoms. The summed E-state index contributed by atoms with van der Waals surface area (Å²) in [6, 6.07) is 12.6. The molecule has 6 heteroatoms. The van der Waals surface area contributed by atoms with Crippen LogP contribution in [0.2, 0.25) is 5.02 Å². The molecule has 1 atom stereocenters. The van der Waals surface area contributed by atoms with Crippen LogP contribution in [0.1, 0.15) is 75.6 Å². The first-order valence-corrected chi connectivity index (χ1v) is 13.0. The van der Waals surface area contributed by atoms with Crippen molar-refractivity contribution in [2.24, 2.45) is 0 Å². The van der Waals surface area contributed by atoms with Gasteiger partial charge in [-0.1, -0.05) is 30.7 Å². The number of hydrogen-bond donors (Lipinski definition) is 1. The largest absolute Gasteiger partial charge is 0.493 e. The maximum Gasteiger partial charge on any atom is 0.228 e. The average molecular weight is 485 g/mol. The molecular weight excluding hydrogens is 448 g/mol. The van der Waals surface area contributed by atoms with Gasteiger partial charge in [0.25, 0.3) is 0 Å². The first kappa shape index (κ1) is 24.9. The third-order valence-electron chi connectivity index (χ3n) is 6.95. The zero-order chi connectivity index (χ0) is 24.2. The molecule has 184 valence electrons. The number of methoxy groups -OCH3 is 1. The molecule has 2 aromatic rings. The van der Waals surface area contributed by atoms with Crippen LogP contribution in [0.5, 0.6) is 11.5 Å². The molecule has 0 bridgehead atoms. The van der Waals surface area contributed by atoms with E-state index in [0.717, 1.165) is 61.1 Å². The third-order valence-corrected chi connectivity index (χ3v) is 7.20. The van der Waals surface area contributed by atoms with E-state index in [1.54, 1.807) is 7.11 Å². The molecule has 1 unspecified atom stereocenters. The van der Waals surface area contributed by atoms with E-state index >= 15 is 0 Å². The molecule has 1 aliphatic carbocycles. The lowest BCUT2D eigenvalue weighted by Gasteiger charge is -2.45. The molecule has 0 aromatic heterocycles. The van der Waals surface area contributed by atoms with Gasteiger partial charge in [0.1, 0.15) is 0 Å². The number of amides is 1. The predicted octanol–water partition coefficient (Wildman–Crippen LogP) is 5.92. The van der Waals surface area contributed by atoms with Crippen molar-refractivity contribution in [1.82, 2.24) is 10.2 Å². The number of carbonyl (C=O) groups is 1. The number of nitrogens with zero attached hydrogens (tertiary/aromatic N) is 1. The van der Waals surface area contributed by atoms with E-state index in [-0.39, 0.29) is 24.1 Å². The van der Waals surface area contributed by atoms with E-state index < -0.39 is 0 Å². The van der Waals surface area contributed by atoms with Crippen LogP contribution in [-0.4, -0.2) is 42.6 Å². The highest BCUT2D eigenvalue weighted by atomic mass is 35.5. The predicted molar refractivity (Wildman–Crippen MR) is 137 cm³/mol. The van der Waals surface area contributed by atoms with E-state index in [2.05, 4.69) is 23.2 Å². The SMILES string of the molecule is CCCNC1CCC(N2C(=O)Cc3cc(OC)c(OC(C)C)cc3C2c2ccc(Cl)cc2)CC1. The quantitative estimate of drug-likeness (QED) is 0.505. The lowest BCUT2D eigenvalue weighted by atomic mass is 9.82. The minimum Gasteiger partial charge on any atom is -0.493 e. The Morgan fingerprint density at radius 1 is 1.09 bits per heavy atom. The number of fused-ring (bicyclic) bond motifs is 1. The number of benzene rings is 2. The molecule has 2 aliphatic rings. The summed E-state index contributed by atoms with van der Waals surface area (Å²) in [5.74, 6) is 1.57. The van der Waals surface area contributed by atoms with Crippen LogP contribution in [0.3, 0.4) is 0 Å². The summed E-state index contributed by atoms with van der Waals surface area (Å²) in [7, 11) is 1.65. The Hall–Kier alpha value is -2.24. The molecule has 0 radical (unpaired) electrons. The number of rotatable bonds is 8. The highest BCUT2D eigenvalue weighted by Gasteiger charge is 2.40. The van der Waals surface area contributed by atoms with Gasteiger partial charge >= 0.3 is 0 Å². The smallest absolute Gasteiger partial charge is 0.228 e. The topological polar surface area (TPSA) is 50.8 Å². The van der Waals surface area contributed by atoms with E-state index in [9.17, 15) is 4.79 Å². The van der Waals surface area contributed by atoms with Gasteiger partial charge in [-0.15, -0.1) is 0 Å². The molecule has 1 aliphatic heterocycles. The number of nitrogens with one attached hydrogen (secondary N) is 1. The maximum atomic E-state index is 13.6. The zero-order valence-electron chi connectivity index (χ0n) is 20.8. The molecule has 1 heterocycles. The molecule has 1 amide bonds. The Balaban J connectivity index is 1.73. The third kappa shape index (κ3) is 5.36. The van der Waals surface area contributed by atoms with Crippen molar-refractivity contribution in [3.05, 3.63) is 58.1 Å². The second-order valence-corrected chi connectivity index (χ2v) is 10.2. The van der Waals surface area contributed by atoms with Crippen molar-refractivity contribution < 1.29 is 14.3 Å². The van der Waals surface area contributed by atoms with Crippen LogP contribution in [0.15, 0.2) is 36.4 Å². The van der Waals surface area contributed by atoms with Gasteiger partial charge < -0.3 is 19.7 Å². The normalized spacial score (nSPS) is 22.6. The summed E-state index contributed by atoms with van der Waals surface area (Å²) in [6.45, 7) is 7.28. The van der Waals surface area contributed by atoms with Crippen molar-refractivity contribution in [3.63, 3.8) is 0 Å². The second-order valence-electron chi connectivity index (χ2n) is 9.76. The first-order valence-electron chi connectivity index (χ1n) is 12.6. The highest BCUT2D eigenvalue weighted by Crippen LogP contribution is 2.44. The standard InChI is InChI=1S/C28H37ClN2O3/c1-5-14-30-22-10-12-23(13-11-22)31-27(32)16-20-15-25(33-4)26(34-18(2)3)17-24(20)28(31)19-6-8-21(29)9-7-19/h6-9,15,17-18,22-23,28,30H,5,10-14,16H2,1-4H3. The Bertz CT molecular complexity index is 984. The van der Waals surface area contributed by atoms with Crippen LogP contribution >= 0.6 is 11.6 Å². The lowest BCUT2D eigenvalue weighted by Crippen LogP contribution is -2.50. The number of halogens is 1. The molecule has 1 fully saturated rings. The van der Waals surface area contributed by atoms with Crippen molar-refractivity contribution in [1.29, 1.82) is 0 Å². The summed E-state index contributed by atoms with van der Waals surface area (Å²) >= 11 is 6.22. The van der Waals surface area contributed by atoms with Gasteiger partial charge in [0.05, 0.1) is 25.7 Å². The van der Waals surface area contributed by atoms with Gasteiger partial charge in [0.15, 0.2) is 11.5 Å². The zero-order valence-corrected chi connectivity index (χ0v) is 21.5. The fourth-order valence-corrected chi connectivity index (χ4v) is 5.51. The van der Waals surface area contributed by atoms with Crippen LogP contribution < -0.4 is 14.8 Å². The number of carbonyl (C=O) groups excluding carboxylic acids is 1. The van der Waals surface area contributed by atoms with Crippen LogP contribution in [0.25, 0.3) is 0 Å². The summed E-state index contributed by atoms with van der Waals surface area (Å²) in [4.78, 5) is 15.8. The monoisotopic (exact) mass is 484 g/mol. The average Bonchev–Trinajstić information content (AvgIpc) is 2.82. The second kappa shape index (κ2) is 11.0. The van der Waals surface area contributed by atoms with E-state index in [0.29, 0.717) is 23.2 Å². The molecule has 2 aromatic carbocycles. The van der Waals surface area contributed by atoms with Gasteiger partial charge in [-0.25, -0.2) is 0 Å². The van der Waals surface area contributed by atoms with Gasteiger partial charge in [-0.3, -0.25) is 4.79 Å². The minimum absolute atomic E-state index is 0.0214.